The predicted octanol–water partition coefficient (Wildman–Crippen LogP) is 2.42. The summed E-state index contributed by atoms with van der Waals surface area (Å²) in [7, 11) is 0. The third kappa shape index (κ3) is 1.34. The van der Waals surface area contributed by atoms with Gasteiger partial charge in [0, 0.05) is 10.5 Å². The van der Waals surface area contributed by atoms with E-state index >= 15 is 0 Å². The largest absolute Gasteiger partial charge is 0.454 e. The molecular weight excluding hydrogens is 276 g/mol. The summed E-state index contributed by atoms with van der Waals surface area (Å²) in [6, 6.07) is 5.33. The van der Waals surface area contributed by atoms with Crippen molar-refractivity contribution in [2.75, 3.05) is 12.5 Å². The monoisotopic (exact) mass is 282 g/mol. The molecule has 16 heavy (non-hydrogen) atoms. The lowest BCUT2D eigenvalue weighted by Gasteiger charge is -2.04. The molecule has 1 aliphatic rings. The van der Waals surface area contributed by atoms with E-state index < -0.39 is 0 Å². The molecule has 1 aromatic carbocycles. The maximum Gasteiger partial charge on any atom is 0.231 e. The molecule has 0 amide bonds. The van der Waals surface area contributed by atoms with Crippen LogP contribution in [-0.4, -0.2) is 11.9 Å². The van der Waals surface area contributed by atoms with Crippen LogP contribution in [0, 0.1) is 0 Å². The Morgan fingerprint density at radius 1 is 1.31 bits per heavy atom. The number of hydrogen-bond donors (Lipinski definition) is 1. The van der Waals surface area contributed by atoms with Gasteiger partial charge >= 0.3 is 0 Å². The van der Waals surface area contributed by atoms with Crippen LogP contribution in [0.3, 0.4) is 0 Å². The Balaban J connectivity index is 2.23. The number of nitrogen functional groups attached to an aromatic ring is 1. The van der Waals surface area contributed by atoms with Crippen molar-refractivity contribution in [2.45, 2.75) is 0 Å². The summed E-state index contributed by atoms with van der Waals surface area (Å²) in [5, 5.41) is 3.65. The minimum atomic E-state index is 0.211. The van der Waals surface area contributed by atoms with Gasteiger partial charge in [-0.25, -0.2) is 0 Å². The highest BCUT2D eigenvalue weighted by molar-refractivity contribution is 9.10. The van der Waals surface area contributed by atoms with Gasteiger partial charge in [-0.2, -0.15) is 0 Å². The number of benzene rings is 1. The van der Waals surface area contributed by atoms with Gasteiger partial charge in [0.25, 0.3) is 0 Å². The number of nitrogens with zero attached hydrogens (tertiary/aromatic N) is 1. The molecule has 2 N–H and O–H groups in total. The summed E-state index contributed by atoms with van der Waals surface area (Å²) in [5.74, 6) is 2.21. The lowest BCUT2D eigenvalue weighted by atomic mass is 10.1. The molecule has 82 valence electrons. The van der Waals surface area contributed by atoms with E-state index in [0.717, 1.165) is 10.0 Å². The molecule has 2 aromatic rings. The summed E-state index contributed by atoms with van der Waals surface area (Å²) in [4.78, 5) is 0. The first-order chi connectivity index (χ1) is 7.75. The Morgan fingerprint density at radius 3 is 2.94 bits per heavy atom. The Kier molecular flexibility index (Phi) is 2.03. The Bertz CT molecular complexity index is 553. The van der Waals surface area contributed by atoms with E-state index in [0.29, 0.717) is 23.1 Å². The molecule has 6 heteroatoms. The molecule has 2 heterocycles. The van der Waals surface area contributed by atoms with Crippen LogP contribution in [0.5, 0.6) is 11.5 Å². The van der Waals surface area contributed by atoms with Crippen molar-refractivity contribution < 1.29 is 14.0 Å². The third-order valence-corrected chi connectivity index (χ3v) is 2.92. The van der Waals surface area contributed by atoms with Crippen molar-refractivity contribution in [2.24, 2.45) is 0 Å². The number of fused-ring (bicyclic) bond motifs is 1. The summed E-state index contributed by atoms with van der Waals surface area (Å²) in [6.07, 6.45) is 0. The molecule has 0 saturated carbocycles. The van der Waals surface area contributed by atoms with Crippen LogP contribution in [-0.2, 0) is 0 Å². The Hall–Kier alpha value is -1.69. The highest BCUT2D eigenvalue weighted by atomic mass is 79.9. The second-order valence-corrected chi connectivity index (χ2v) is 4.13. The van der Waals surface area contributed by atoms with Crippen molar-refractivity contribution in [1.29, 1.82) is 0 Å². The fourth-order valence-corrected chi connectivity index (χ4v) is 2.09. The smallest absolute Gasteiger partial charge is 0.231 e. The highest BCUT2D eigenvalue weighted by Gasteiger charge is 2.23. The topological polar surface area (TPSA) is 70.5 Å². The van der Waals surface area contributed by atoms with Gasteiger partial charge < -0.3 is 19.7 Å². The molecule has 0 unspecified atom stereocenters. The van der Waals surface area contributed by atoms with E-state index in [1.807, 2.05) is 12.1 Å². The zero-order chi connectivity index (χ0) is 11.1. The van der Waals surface area contributed by atoms with Gasteiger partial charge in [0.15, 0.2) is 23.1 Å². The maximum atomic E-state index is 5.52. The van der Waals surface area contributed by atoms with Gasteiger partial charge in [-0.1, -0.05) is 5.16 Å². The van der Waals surface area contributed by atoms with Crippen LogP contribution in [0.15, 0.2) is 27.2 Å². The maximum absolute atomic E-state index is 5.52. The molecule has 0 fully saturated rings. The number of rotatable bonds is 1. The quantitative estimate of drug-likeness (QED) is 0.870. The van der Waals surface area contributed by atoms with Crippen LogP contribution in [0.2, 0.25) is 0 Å². The number of nitrogens with two attached hydrogens (primary N) is 1. The van der Waals surface area contributed by atoms with Gasteiger partial charge in [0.05, 0.1) is 5.56 Å². The normalized spacial score (nSPS) is 13.1. The SMILES string of the molecule is Nc1cc(-c2c(Br)ccc3c2OCO3)on1. The molecule has 0 atom stereocenters. The van der Waals surface area contributed by atoms with Gasteiger partial charge in [0.1, 0.15) is 0 Å². The summed E-state index contributed by atoms with van der Waals surface area (Å²) in [5.41, 5.74) is 6.28. The first-order valence-electron chi connectivity index (χ1n) is 4.56. The fraction of sp³-hybridized carbons (Fsp3) is 0.100. The molecule has 0 radical (unpaired) electrons. The minimum absolute atomic E-state index is 0.211. The van der Waals surface area contributed by atoms with Crippen LogP contribution < -0.4 is 15.2 Å². The molecule has 1 aromatic heterocycles. The highest BCUT2D eigenvalue weighted by Crippen LogP contribution is 2.45. The standard InChI is InChI=1S/C10H7BrN2O3/c11-5-1-2-6-10(15-4-14-6)9(5)7-3-8(12)13-16-7/h1-3H,4H2,(H2,12,13). The molecule has 1 aliphatic heterocycles. The van der Waals surface area contributed by atoms with Crippen LogP contribution in [0.1, 0.15) is 0 Å². The van der Waals surface area contributed by atoms with E-state index in [1.54, 1.807) is 6.07 Å². The lowest BCUT2D eigenvalue weighted by Crippen LogP contribution is -1.93. The molecule has 0 aliphatic carbocycles. The van der Waals surface area contributed by atoms with Gasteiger partial charge in [0.2, 0.25) is 6.79 Å². The number of hydrogen-bond acceptors (Lipinski definition) is 5. The van der Waals surface area contributed by atoms with Gasteiger partial charge in [-0.05, 0) is 28.1 Å². The zero-order valence-corrected chi connectivity index (χ0v) is 9.65. The first-order valence-corrected chi connectivity index (χ1v) is 5.35. The average molecular weight is 283 g/mol. The molecule has 0 spiro atoms. The minimum Gasteiger partial charge on any atom is -0.454 e. The zero-order valence-electron chi connectivity index (χ0n) is 8.07. The summed E-state index contributed by atoms with van der Waals surface area (Å²) < 4.78 is 16.6. The van der Waals surface area contributed by atoms with E-state index in [2.05, 4.69) is 21.1 Å². The van der Waals surface area contributed by atoms with E-state index in [4.69, 9.17) is 19.7 Å². The van der Waals surface area contributed by atoms with Crippen LogP contribution in [0.25, 0.3) is 11.3 Å². The average Bonchev–Trinajstić information content (AvgIpc) is 2.86. The molecular formula is C10H7BrN2O3. The third-order valence-electron chi connectivity index (χ3n) is 2.26. The number of halogens is 1. The number of aromatic nitrogens is 1. The van der Waals surface area contributed by atoms with Gasteiger partial charge in [-0.15, -0.1) is 0 Å². The van der Waals surface area contributed by atoms with Crippen molar-refractivity contribution in [3.8, 4) is 22.8 Å². The molecule has 0 saturated heterocycles. The van der Waals surface area contributed by atoms with E-state index in [9.17, 15) is 0 Å². The van der Waals surface area contributed by atoms with Crippen molar-refractivity contribution in [3.63, 3.8) is 0 Å². The fourth-order valence-electron chi connectivity index (χ4n) is 1.58. The molecule has 5 nitrogen and oxygen atoms in total. The molecule has 0 bridgehead atoms. The Morgan fingerprint density at radius 2 is 2.19 bits per heavy atom. The van der Waals surface area contributed by atoms with Gasteiger partial charge in [-0.3, -0.25) is 0 Å². The summed E-state index contributed by atoms with van der Waals surface area (Å²) >= 11 is 3.43. The van der Waals surface area contributed by atoms with E-state index in [-0.39, 0.29) is 6.79 Å². The summed E-state index contributed by atoms with van der Waals surface area (Å²) in [6.45, 7) is 0.211. The second kappa shape index (κ2) is 3.41. The van der Waals surface area contributed by atoms with E-state index in [1.165, 1.54) is 0 Å². The Labute approximate surface area is 99.2 Å². The number of ether oxygens (including phenoxy) is 2. The van der Waals surface area contributed by atoms with Crippen molar-refractivity contribution >= 4 is 21.7 Å². The van der Waals surface area contributed by atoms with Crippen molar-refractivity contribution in [1.82, 2.24) is 5.16 Å². The van der Waals surface area contributed by atoms with Crippen LogP contribution in [0.4, 0.5) is 5.82 Å². The van der Waals surface area contributed by atoms with Crippen molar-refractivity contribution in [3.05, 3.63) is 22.7 Å². The second-order valence-electron chi connectivity index (χ2n) is 3.27. The number of anilines is 1. The first kappa shape index (κ1) is 9.53. The molecule has 3 rings (SSSR count). The predicted molar refractivity (Wildman–Crippen MR) is 60.2 cm³/mol. The van der Waals surface area contributed by atoms with Crippen LogP contribution >= 0.6 is 15.9 Å². The lowest BCUT2D eigenvalue weighted by molar-refractivity contribution is 0.174.